The second kappa shape index (κ2) is 9.59. The van der Waals surface area contributed by atoms with E-state index in [1.54, 1.807) is 18.2 Å². The molecule has 4 nitrogen and oxygen atoms in total. The summed E-state index contributed by atoms with van der Waals surface area (Å²) in [5.74, 6) is 1.28. The van der Waals surface area contributed by atoms with Gasteiger partial charge in [0.15, 0.2) is 0 Å². The first kappa shape index (κ1) is 20.2. The van der Waals surface area contributed by atoms with Crippen LogP contribution in [-0.2, 0) is 4.79 Å². The number of carbonyl (C=O) groups excluding carboxylic acids is 1. The average Bonchev–Trinajstić information content (AvgIpc) is 2.95. The van der Waals surface area contributed by atoms with E-state index in [1.807, 2.05) is 30.3 Å². The van der Waals surface area contributed by atoms with Crippen LogP contribution in [0.15, 0.2) is 51.8 Å². The number of carbonyl (C=O) groups is 1. The van der Waals surface area contributed by atoms with Crippen molar-refractivity contribution in [2.45, 2.75) is 6.42 Å². The molecule has 0 bridgehead atoms. The molecule has 0 unspecified atom stereocenters. The quantitative estimate of drug-likeness (QED) is 0.322. The largest absolute Gasteiger partial charge is 0.493 e. The Balaban J connectivity index is 1.57. The Bertz CT molecular complexity index is 887. The number of hydrogen-bond donors (Lipinski definition) is 1. The SMILES string of the molecule is O=C1NC(=S)S/C1=C/c1cc(Br)ccc1OCCCOc1ccc(Cl)cc1. The van der Waals surface area contributed by atoms with Crippen LogP contribution < -0.4 is 14.8 Å². The fourth-order valence-corrected chi connectivity index (χ4v) is 3.83. The van der Waals surface area contributed by atoms with Gasteiger partial charge in [-0.1, -0.05) is 51.5 Å². The van der Waals surface area contributed by atoms with Gasteiger partial charge in [-0.2, -0.15) is 0 Å². The van der Waals surface area contributed by atoms with E-state index >= 15 is 0 Å². The Hall–Kier alpha value is -1.54. The van der Waals surface area contributed by atoms with Crippen LogP contribution in [0.3, 0.4) is 0 Å². The third-order valence-corrected chi connectivity index (χ3v) is 5.44. The summed E-state index contributed by atoms with van der Waals surface area (Å²) in [5, 5.41) is 3.29. The van der Waals surface area contributed by atoms with Crippen molar-refractivity contribution in [2.24, 2.45) is 0 Å². The van der Waals surface area contributed by atoms with Crippen LogP contribution in [0.4, 0.5) is 0 Å². The van der Waals surface area contributed by atoms with Crippen LogP contribution in [-0.4, -0.2) is 23.4 Å². The highest BCUT2D eigenvalue weighted by molar-refractivity contribution is 9.10. The number of thioether (sulfide) groups is 1. The third kappa shape index (κ3) is 5.97. The van der Waals surface area contributed by atoms with Crippen LogP contribution in [0, 0.1) is 0 Å². The zero-order valence-electron chi connectivity index (χ0n) is 14.0. The Morgan fingerprint density at radius 2 is 1.89 bits per heavy atom. The first-order valence-electron chi connectivity index (χ1n) is 8.07. The molecular weight excluding hydrogens is 470 g/mol. The standard InChI is InChI=1S/C19H15BrClNO3S2/c20-13-2-7-16(12(10-13)11-17-18(23)22-19(26)27-17)25-9-1-8-24-15-5-3-14(21)4-6-15/h2-7,10-11H,1,8-9H2,(H,22,23,26)/b17-11+. The maximum absolute atomic E-state index is 11.9. The van der Waals surface area contributed by atoms with E-state index in [9.17, 15) is 4.79 Å². The summed E-state index contributed by atoms with van der Waals surface area (Å²) in [6.45, 7) is 1.02. The summed E-state index contributed by atoms with van der Waals surface area (Å²) in [4.78, 5) is 12.4. The van der Waals surface area contributed by atoms with E-state index < -0.39 is 0 Å². The third-order valence-electron chi connectivity index (χ3n) is 3.53. The van der Waals surface area contributed by atoms with E-state index in [-0.39, 0.29) is 5.91 Å². The molecule has 3 rings (SSSR count). The molecule has 2 aromatic carbocycles. The second-order valence-corrected chi connectivity index (χ2v) is 8.61. The molecule has 1 saturated heterocycles. The highest BCUT2D eigenvalue weighted by Crippen LogP contribution is 2.31. The van der Waals surface area contributed by atoms with Crippen LogP contribution in [0.2, 0.25) is 5.02 Å². The Kier molecular flexibility index (Phi) is 7.18. The summed E-state index contributed by atoms with van der Waals surface area (Å²) in [5.41, 5.74) is 0.811. The lowest BCUT2D eigenvalue weighted by Gasteiger charge is -2.11. The van der Waals surface area contributed by atoms with Crippen LogP contribution >= 0.6 is 51.5 Å². The number of thiocarbonyl (C=S) groups is 1. The number of amides is 1. The molecular formula is C19H15BrClNO3S2. The van der Waals surface area contributed by atoms with E-state index in [2.05, 4.69) is 21.2 Å². The monoisotopic (exact) mass is 483 g/mol. The van der Waals surface area contributed by atoms with E-state index in [0.717, 1.165) is 15.8 Å². The predicted octanol–water partition coefficient (Wildman–Crippen LogP) is 5.44. The predicted molar refractivity (Wildman–Crippen MR) is 118 cm³/mol. The molecule has 0 aliphatic carbocycles. The van der Waals surface area contributed by atoms with Gasteiger partial charge in [0, 0.05) is 21.5 Å². The van der Waals surface area contributed by atoms with E-state index in [4.69, 9.17) is 33.3 Å². The number of hydrogen-bond acceptors (Lipinski definition) is 5. The van der Waals surface area contributed by atoms with Crippen LogP contribution in [0.5, 0.6) is 11.5 Å². The molecule has 27 heavy (non-hydrogen) atoms. The lowest BCUT2D eigenvalue weighted by molar-refractivity contribution is -0.115. The number of ether oxygens (including phenoxy) is 2. The minimum atomic E-state index is -0.188. The highest BCUT2D eigenvalue weighted by Gasteiger charge is 2.22. The minimum Gasteiger partial charge on any atom is -0.493 e. The molecule has 1 aliphatic rings. The number of halogens is 2. The molecule has 2 aromatic rings. The fourth-order valence-electron chi connectivity index (χ4n) is 2.29. The summed E-state index contributed by atoms with van der Waals surface area (Å²) in [6.07, 6.45) is 2.50. The molecule has 1 N–H and O–H groups in total. The van der Waals surface area contributed by atoms with Crippen molar-refractivity contribution in [3.05, 3.63) is 62.4 Å². The van der Waals surface area contributed by atoms with Crippen LogP contribution in [0.1, 0.15) is 12.0 Å². The van der Waals surface area contributed by atoms with E-state index in [0.29, 0.717) is 39.6 Å². The summed E-state index contributed by atoms with van der Waals surface area (Å²) in [6, 6.07) is 12.9. The molecule has 0 aromatic heterocycles. The summed E-state index contributed by atoms with van der Waals surface area (Å²) >= 11 is 15.6. The topological polar surface area (TPSA) is 47.6 Å². The van der Waals surface area contributed by atoms with Gasteiger partial charge in [0.25, 0.3) is 5.91 Å². The Morgan fingerprint density at radius 1 is 1.15 bits per heavy atom. The van der Waals surface area contributed by atoms with Gasteiger partial charge in [0.1, 0.15) is 15.8 Å². The molecule has 1 fully saturated rings. The zero-order chi connectivity index (χ0) is 19.2. The molecule has 0 spiro atoms. The van der Waals surface area contributed by atoms with Crippen molar-refractivity contribution in [1.29, 1.82) is 0 Å². The first-order chi connectivity index (χ1) is 13.0. The zero-order valence-corrected chi connectivity index (χ0v) is 18.0. The maximum Gasteiger partial charge on any atom is 0.263 e. The fraction of sp³-hybridized carbons (Fsp3) is 0.158. The molecule has 1 heterocycles. The number of benzene rings is 2. The minimum absolute atomic E-state index is 0.188. The lowest BCUT2D eigenvalue weighted by atomic mass is 10.2. The number of nitrogens with one attached hydrogen (secondary N) is 1. The van der Waals surface area contributed by atoms with Crippen molar-refractivity contribution < 1.29 is 14.3 Å². The van der Waals surface area contributed by atoms with Gasteiger partial charge >= 0.3 is 0 Å². The van der Waals surface area contributed by atoms with Crippen molar-refractivity contribution in [3.8, 4) is 11.5 Å². The molecule has 0 radical (unpaired) electrons. The van der Waals surface area contributed by atoms with Gasteiger partial charge in [0.05, 0.1) is 18.1 Å². The molecule has 0 saturated carbocycles. The Morgan fingerprint density at radius 3 is 2.59 bits per heavy atom. The smallest absolute Gasteiger partial charge is 0.263 e. The van der Waals surface area contributed by atoms with Crippen molar-refractivity contribution in [3.63, 3.8) is 0 Å². The van der Waals surface area contributed by atoms with Crippen molar-refractivity contribution in [1.82, 2.24) is 5.32 Å². The average molecular weight is 485 g/mol. The summed E-state index contributed by atoms with van der Waals surface area (Å²) < 4.78 is 12.9. The normalized spacial score (nSPS) is 15.1. The molecule has 8 heteroatoms. The van der Waals surface area contributed by atoms with Gasteiger partial charge < -0.3 is 14.8 Å². The van der Waals surface area contributed by atoms with Crippen molar-refractivity contribution in [2.75, 3.05) is 13.2 Å². The lowest BCUT2D eigenvalue weighted by Crippen LogP contribution is -2.17. The van der Waals surface area contributed by atoms with Gasteiger partial charge in [-0.05, 0) is 48.5 Å². The maximum atomic E-state index is 11.9. The van der Waals surface area contributed by atoms with Crippen molar-refractivity contribution >= 4 is 67.8 Å². The van der Waals surface area contributed by atoms with Gasteiger partial charge in [-0.3, -0.25) is 4.79 Å². The van der Waals surface area contributed by atoms with Gasteiger partial charge in [0.2, 0.25) is 0 Å². The molecule has 0 atom stereocenters. The second-order valence-electron chi connectivity index (χ2n) is 5.54. The summed E-state index contributed by atoms with van der Waals surface area (Å²) in [7, 11) is 0. The molecule has 1 amide bonds. The first-order valence-corrected chi connectivity index (χ1v) is 10.5. The van der Waals surface area contributed by atoms with Gasteiger partial charge in [-0.15, -0.1) is 0 Å². The molecule has 1 aliphatic heterocycles. The Labute approximate surface area is 180 Å². The van der Waals surface area contributed by atoms with Gasteiger partial charge in [-0.25, -0.2) is 0 Å². The van der Waals surface area contributed by atoms with E-state index in [1.165, 1.54) is 11.8 Å². The highest BCUT2D eigenvalue weighted by atomic mass is 79.9. The number of rotatable bonds is 7. The molecule has 140 valence electrons. The van der Waals surface area contributed by atoms with Crippen LogP contribution in [0.25, 0.3) is 6.08 Å².